The Labute approximate surface area is 110 Å². The molecule has 3 rings (SSSR count). The molecule has 0 radical (unpaired) electrons. The second kappa shape index (κ2) is 4.33. The number of fused-ring (bicyclic) bond motifs is 1. The maximum atomic E-state index is 9.15. The van der Waals surface area contributed by atoms with Crippen LogP contribution in [0.4, 0.5) is 0 Å². The van der Waals surface area contributed by atoms with Gasteiger partial charge < -0.3 is 4.57 Å². The van der Waals surface area contributed by atoms with Gasteiger partial charge in [-0.1, -0.05) is 24.3 Å². The van der Waals surface area contributed by atoms with Crippen LogP contribution in [0.5, 0.6) is 0 Å². The molecule has 0 aliphatic carbocycles. The van der Waals surface area contributed by atoms with Gasteiger partial charge in [0.05, 0.1) is 17.3 Å². The summed E-state index contributed by atoms with van der Waals surface area (Å²) in [6.45, 7) is 0. The van der Waals surface area contributed by atoms with E-state index in [0.29, 0.717) is 11.3 Å². The highest BCUT2D eigenvalue weighted by molar-refractivity contribution is 5.94. The quantitative estimate of drug-likeness (QED) is 0.658. The van der Waals surface area contributed by atoms with E-state index in [1.165, 1.54) is 0 Å². The van der Waals surface area contributed by atoms with E-state index in [1.54, 1.807) is 12.1 Å². The average molecular weight is 243 g/mol. The second-order valence-electron chi connectivity index (χ2n) is 4.16. The molecule has 0 aliphatic rings. The number of nitrogens with zero attached hydrogens (tertiary/aromatic N) is 3. The second-order valence-corrected chi connectivity index (χ2v) is 4.16. The Morgan fingerprint density at radius 1 is 0.789 bits per heavy atom. The fraction of sp³-hybridized carbons (Fsp3) is 0. The van der Waals surface area contributed by atoms with Crippen molar-refractivity contribution in [3.05, 3.63) is 66.0 Å². The Balaban J connectivity index is 2.39. The van der Waals surface area contributed by atoms with Crippen LogP contribution in [0.25, 0.3) is 16.5 Å². The van der Waals surface area contributed by atoms with Crippen LogP contribution in [0.3, 0.4) is 0 Å². The van der Waals surface area contributed by atoms with Gasteiger partial charge >= 0.3 is 0 Å². The van der Waals surface area contributed by atoms with Crippen LogP contribution in [0.15, 0.2) is 54.7 Å². The van der Waals surface area contributed by atoms with Crippen LogP contribution < -0.4 is 0 Å². The third kappa shape index (κ3) is 1.66. The zero-order valence-electron chi connectivity index (χ0n) is 10.0. The molecule has 19 heavy (non-hydrogen) atoms. The van der Waals surface area contributed by atoms with Gasteiger partial charge in [-0.15, -0.1) is 0 Å². The summed E-state index contributed by atoms with van der Waals surface area (Å²) in [4.78, 5) is 0. The Hall–Kier alpha value is -3.04. The molecule has 0 spiro atoms. The van der Waals surface area contributed by atoms with Crippen molar-refractivity contribution >= 4 is 10.8 Å². The first-order chi connectivity index (χ1) is 9.35. The van der Waals surface area contributed by atoms with E-state index in [1.807, 2.05) is 47.2 Å². The van der Waals surface area contributed by atoms with Gasteiger partial charge in [-0.2, -0.15) is 10.5 Å². The lowest BCUT2D eigenvalue weighted by atomic mass is 10.0. The molecule has 0 saturated heterocycles. The van der Waals surface area contributed by atoms with Gasteiger partial charge in [0.2, 0.25) is 0 Å². The lowest BCUT2D eigenvalue weighted by Crippen LogP contribution is -1.97. The molecule has 0 N–H and O–H groups in total. The molecule has 2 aromatic carbocycles. The van der Waals surface area contributed by atoms with Crippen LogP contribution in [0.1, 0.15) is 11.3 Å². The summed E-state index contributed by atoms with van der Waals surface area (Å²) in [5.74, 6) is 0. The SMILES string of the molecule is N#Cc1ccc(-n2cccc2C#N)c2ccccc12. The van der Waals surface area contributed by atoms with Gasteiger partial charge in [-0.3, -0.25) is 0 Å². The number of hydrogen-bond acceptors (Lipinski definition) is 2. The van der Waals surface area contributed by atoms with Crippen LogP contribution in [-0.4, -0.2) is 4.57 Å². The molecule has 3 nitrogen and oxygen atoms in total. The molecule has 0 bridgehead atoms. The smallest absolute Gasteiger partial charge is 0.124 e. The summed E-state index contributed by atoms with van der Waals surface area (Å²) in [5.41, 5.74) is 2.14. The molecule has 0 atom stereocenters. The minimum absolute atomic E-state index is 0.579. The minimum Gasteiger partial charge on any atom is -0.308 e. The highest BCUT2D eigenvalue weighted by Crippen LogP contribution is 2.26. The zero-order valence-corrected chi connectivity index (χ0v) is 10.0. The molecule has 3 aromatic rings. The topological polar surface area (TPSA) is 52.5 Å². The van der Waals surface area contributed by atoms with Crippen LogP contribution >= 0.6 is 0 Å². The van der Waals surface area contributed by atoms with E-state index in [4.69, 9.17) is 10.5 Å². The number of rotatable bonds is 1. The maximum absolute atomic E-state index is 9.15. The molecular formula is C16H9N3. The number of hydrogen-bond donors (Lipinski definition) is 0. The molecule has 0 amide bonds. The van der Waals surface area contributed by atoms with E-state index in [0.717, 1.165) is 16.5 Å². The Kier molecular flexibility index (Phi) is 2.52. The normalized spacial score (nSPS) is 10.0. The van der Waals surface area contributed by atoms with Crippen LogP contribution in [0, 0.1) is 22.7 Å². The van der Waals surface area contributed by atoms with Gasteiger partial charge in [-0.05, 0) is 24.3 Å². The number of benzene rings is 2. The molecule has 0 unspecified atom stereocenters. The van der Waals surface area contributed by atoms with Crippen molar-refractivity contribution in [2.45, 2.75) is 0 Å². The molecule has 0 aliphatic heterocycles. The summed E-state index contributed by atoms with van der Waals surface area (Å²) in [5, 5.41) is 20.1. The maximum Gasteiger partial charge on any atom is 0.124 e. The summed E-state index contributed by atoms with van der Waals surface area (Å²) in [6, 6.07) is 19.4. The van der Waals surface area contributed by atoms with Crippen molar-refractivity contribution in [3.63, 3.8) is 0 Å². The Bertz CT molecular complexity index is 844. The van der Waals surface area contributed by atoms with E-state index in [2.05, 4.69) is 12.1 Å². The first-order valence-electron chi connectivity index (χ1n) is 5.85. The predicted octanol–water partition coefficient (Wildman–Crippen LogP) is 3.37. The molecule has 3 heteroatoms. The molecule has 0 saturated carbocycles. The van der Waals surface area contributed by atoms with E-state index in [-0.39, 0.29) is 0 Å². The van der Waals surface area contributed by atoms with Gasteiger partial charge in [0.15, 0.2) is 0 Å². The predicted molar refractivity (Wildman–Crippen MR) is 72.7 cm³/mol. The fourth-order valence-corrected chi connectivity index (χ4v) is 2.27. The Morgan fingerprint density at radius 2 is 1.58 bits per heavy atom. The van der Waals surface area contributed by atoms with E-state index >= 15 is 0 Å². The first kappa shape index (κ1) is 11.1. The lowest BCUT2D eigenvalue weighted by Gasteiger charge is -2.10. The lowest BCUT2D eigenvalue weighted by molar-refractivity contribution is 1.06. The molecule has 88 valence electrons. The third-order valence-electron chi connectivity index (χ3n) is 3.14. The minimum atomic E-state index is 0.579. The summed E-state index contributed by atoms with van der Waals surface area (Å²) >= 11 is 0. The summed E-state index contributed by atoms with van der Waals surface area (Å²) < 4.78 is 1.84. The van der Waals surface area contributed by atoms with Gasteiger partial charge in [0.25, 0.3) is 0 Å². The van der Waals surface area contributed by atoms with Crippen LogP contribution in [-0.2, 0) is 0 Å². The zero-order chi connectivity index (χ0) is 13.2. The third-order valence-corrected chi connectivity index (χ3v) is 3.14. The highest BCUT2D eigenvalue weighted by Gasteiger charge is 2.09. The average Bonchev–Trinajstić information content (AvgIpc) is 2.94. The fourth-order valence-electron chi connectivity index (χ4n) is 2.27. The molecular weight excluding hydrogens is 234 g/mol. The van der Waals surface area contributed by atoms with Crippen molar-refractivity contribution < 1.29 is 0 Å². The van der Waals surface area contributed by atoms with E-state index < -0.39 is 0 Å². The van der Waals surface area contributed by atoms with E-state index in [9.17, 15) is 0 Å². The highest BCUT2D eigenvalue weighted by atomic mass is 15.0. The standard InChI is InChI=1S/C16H9N3/c17-10-12-7-8-16(15-6-2-1-5-14(12)15)19-9-3-4-13(19)11-18/h1-9H. The van der Waals surface area contributed by atoms with Crippen molar-refractivity contribution in [3.8, 4) is 17.8 Å². The van der Waals surface area contributed by atoms with Crippen molar-refractivity contribution in [1.29, 1.82) is 10.5 Å². The summed E-state index contributed by atoms with van der Waals surface area (Å²) in [7, 11) is 0. The summed E-state index contributed by atoms with van der Waals surface area (Å²) in [6.07, 6.45) is 1.85. The number of nitriles is 2. The molecule has 1 heterocycles. The van der Waals surface area contributed by atoms with Crippen LogP contribution in [0.2, 0.25) is 0 Å². The van der Waals surface area contributed by atoms with Crippen molar-refractivity contribution in [2.24, 2.45) is 0 Å². The van der Waals surface area contributed by atoms with Crippen molar-refractivity contribution in [1.82, 2.24) is 4.57 Å². The largest absolute Gasteiger partial charge is 0.308 e. The monoisotopic (exact) mass is 243 g/mol. The van der Waals surface area contributed by atoms with Crippen molar-refractivity contribution in [2.75, 3.05) is 0 Å². The molecule has 1 aromatic heterocycles. The van der Waals surface area contributed by atoms with Gasteiger partial charge in [-0.25, -0.2) is 0 Å². The van der Waals surface area contributed by atoms with Gasteiger partial charge in [0.1, 0.15) is 11.8 Å². The first-order valence-corrected chi connectivity index (χ1v) is 5.85. The molecule has 0 fully saturated rings. The number of aromatic nitrogens is 1. The van der Waals surface area contributed by atoms with Gasteiger partial charge in [0, 0.05) is 17.0 Å². The Morgan fingerprint density at radius 3 is 2.32 bits per heavy atom.